The van der Waals surface area contributed by atoms with Crippen molar-refractivity contribution in [1.29, 1.82) is 0 Å². The number of alkyl halides is 1. The molecule has 1 aromatic rings. The second-order valence-electron chi connectivity index (χ2n) is 4.95. The van der Waals surface area contributed by atoms with Gasteiger partial charge in [0, 0.05) is 11.1 Å². The molecular formula is C15H23BrO3S. The van der Waals surface area contributed by atoms with Gasteiger partial charge in [0.2, 0.25) is 0 Å². The predicted octanol–water partition coefficient (Wildman–Crippen LogP) is 3.46. The Balaban J connectivity index is 2.50. The number of sulfone groups is 1. The minimum Gasteiger partial charge on any atom is -0.497 e. The molecule has 0 spiro atoms. The monoisotopic (exact) mass is 362 g/mol. The maximum absolute atomic E-state index is 11.5. The van der Waals surface area contributed by atoms with Crippen molar-refractivity contribution < 1.29 is 13.2 Å². The summed E-state index contributed by atoms with van der Waals surface area (Å²) in [5.41, 5.74) is 1.23. The van der Waals surface area contributed by atoms with Crippen LogP contribution < -0.4 is 4.74 Å². The Labute approximate surface area is 130 Å². The molecule has 3 nitrogen and oxygen atoms in total. The van der Waals surface area contributed by atoms with E-state index in [1.54, 1.807) is 14.0 Å². The maximum atomic E-state index is 11.5. The molecule has 0 aliphatic carbocycles. The van der Waals surface area contributed by atoms with Gasteiger partial charge in [-0.05, 0) is 42.9 Å². The van der Waals surface area contributed by atoms with Gasteiger partial charge in [-0.25, -0.2) is 8.42 Å². The van der Waals surface area contributed by atoms with E-state index >= 15 is 0 Å². The van der Waals surface area contributed by atoms with E-state index in [2.05, 4.69) is 22.0 Å². The molecule has 0 aromatic heterocycles. The standard InChI is InChI=1S/C15H23BrO3S/c1-3-20(17,18)9-5-7-14(12-16)10-13-6-4-8-15(11-13)19-2/h4,6,8,11,14H,3,5,7,9-10,12H2,1-2H3. The average molecular weight is 363 g/mol. The lowest BCUT2D eigenvalue weighted by molar-refractivity contribution is 0.413. The van der Waals surface area contributed by atoms with Gasteiger partial charge >= 0.3 is 0 Å². The van der Waals surface area contributed by atoms with Crippen LogP contribution in [0.5, 0.6) is 5.75 Å². The molecule has 1 unspecified atom stereocenters. The van der Waals surface area contributed by atoms with Gasteiger partial charge in [-0.1, -0.05) is 35.0 Å². The fourth-order valence-electron chi connectivity index (χ4n) is 2.10. The number of halogens is 1. The van der Waals surface area contributed by atoms with Gasteiger partial charge in [0.15, 0.2) is 0 Å². The van der Waals surface area contributed by atoms with E-state index in [0.29, 0.717) is 11.7 Å². The van der Waals surface area contributed by atoms with Crippen LogP contribution in [0, 0.1) is 5.92 Å². The Morgan fingerprint density at radius 3 is 2.70 bits per heavy atom. The van der Waals surface area contributed by atoms with E-state index in [9.17, 15) is 8.42 Å². The number of hydrogen-bond donors (Lipinski definition) is 0. The molecule has 0 N–H and O–H groups in total. The summed E-state index contributed by atoms with van der Waals surface area (Å²) in [5.74, 6) is 1.85. The summed E-state index contributed by atoms with van der Waals surface area (Å²) in [6.45, 7) is 1.70. The van der Waals surface area contributed by atoms with Crippen LogP contribution in [0.1, 0.15) is 25.3 Å². The van der Waals surface area contributed by atoms with Gasteiger partial charge in [0.1, 0.15) is 15.6 Å². The molecule has 114 valence electrons. The van der Waals surface area contributed by atoms with Crippen molar-refractivity contribution in [3.8, 4) is 5.75 Å². The van der Waals surface area contributed by atoms with E-state index < -0.39 is 9.84 Å². The summed E-state index contributed by atoms with van der Waals surface area (Å²) in [5, 5.41) is 0.885. The lowest BCUT2D eigenvalue weighted by Gasteiger charge is -2.14. The molecule has 0 saturated carbocycles. The normalized spacial score (nSPS) is 13.2. The first kappa shape index (κ1) is 17.5. The van der Waals surface area contributed by atoms with Gasteiger partial charge in [0.05, 0.1) is 12.9 Å². The van der Waals surface area contributed by atoms with Crippen LogP contribution in [0.2, 0.25) is 0 Å². The summed E-state index contributed by atoms with van der Waals surface area (Å²) in [6, 6.07) is 8.04. The molecule has 0 amide bonds. The van der Waals surface area contributed by atoms with Crippen molar-refractivity contribution in [3.05, 3.63) is 29.8 Å². The Bertz CT molecular complexity index is 500. The number of benzene rings is 1. The van der Waals surface area contributed by atoms with E-state index in [1.165, 1.54) is 5.56 Å². The highest BCUT2D eigenvalue weighted by molar-refractivity contribution is 9.09. The van der Waals surface area contributed by atoms with E-state index in [4.69, 9.17) is 4.74 Å². The third kappa shape index (κ3) is 6.27. The third-order valence-corrected chi connectivity index (χ3v) is 6.09. The van der Waals surface area contributed by atoms with Gasteiger partial charge < -0.3 is 4.74 Å². The number of hydrogen-bond acceptors (Lipinski definition) is 3. The molecule has 0 aliphatic heterocycles. The van der Waals surface area contributed by atoms with Gasteiger partial charge in [0.25, 0.3) is 0 Å². The van der Waals surface area contributed by atoms with Crippen LogP contribution in [0.4, 0.5) is 0 Å². The second-order valence-corrected chi connectivity index (χ2v) is 8.07. The van der Waals surface area contributed by atoms with E-state index in [1.807, 2.05) is 18.2 Å². The SMILES string of the molecule is CCS(=O)(=O)CCCC(CBr)Cc1cccc(OC)c1. The molecule has 0 radical (unpaired) electrons. The molecular weight excluding hydrogens is 340 g/mol. The smallest absolute Gasteiger partial charge is 0.150 e. The molecule has 1 atom stereocenters. The molecule has 0 saturated heterocycles. The Hall–Kier alpha value is -0.550. The molecule has 1 aromatic carbocycles. The van der Waals surface area contributed by atoms with E-state index in [0.717, 1.165) is 30.3 Å². The lowest BCUT2D eigenvalue weighted by Crippen LogP contribution is -2.12. The van der Waals surface area contributed by atoms with Crippen LogP contribution >= 0.6 is 15.9 Å². The molecule has 0 bridgehead atoms. The predicted molar refractivity (Wildman–Crippen MR) is 87.5 cm³/mol. The Morgan fingerprint density at radius 1 is 1.35 bits per heavy atom. The van der Waals surface area contributed by atoms with Crippen LogP contribution in [0.3, 0.4) is 0 Å². The average Bonchev–Trinajstić information content (AvgIpc) is 2.46. The molecule has 20 heavy (non-hydrogen) atoms. The van der Waals surface area contributed by atoms with Gasteiger partial charge in [-0.3, -0.25) is 0 Å². The zero-order valence-electron chi connectivity index (χ0n) is 12.1. The fraction of sp³-hybridized carbons (Fsp3) is 0.600. The second kappa shape index (κ2) is 8.67. The highest BCUT2D eigenvalue weighted by atomic mass is 79.9. The lowest BCUT2D eigenvalue weighted by atomic mass is 9.97. The number of ether oxygens (including phenoxy) is 1. The first-order chi connectivity index (χ1) is 9.50. The molecule has 0 aliphatic rings. The van der Waals surface area contributed by atoms with Crippen LogP contribution in [0.25, 0.3) is 0 Å². The zero-order chi connectivity index (χ0) is 15.0. The first-order valence-corrected chi connectivity index (χ1v) is 9.84. The topological polar surface area (TPSA) is 43.4 Å². The first-order valence-electron chi connectivity index (χ1n) is 6.90. The molecule has 0 heterocycles. The van der Waals surface area contributed by atoms with Gasteiger partial charge in [-0.15, -0.1) is 0 Å². The highest BCUT2D eigenvalue weighted by Crippen LogP contribution is 2.20. The van der Waals surface area contributed by atoms with E-state index in [-0.39, 0.29) is 5.75 Å². The van der Waals surface area contributed by atoms with Crippen molar-refractivity contribution in [2.24, 2.45) is 5.92 Å². The van der Waals surface area contributed by atoms with Crippen molar-refractivity contribution in [2.75, 3.05) is 23.9 Å². The fourth-order valence-corrected chi connectivity index (χ4v) is 3.55. The minimum atomic E-state index is -2.84. The summed E-state index contributed by atoms with van der Waals surface area (Å²) >= 11 is 3.53. The highest BCUT2D eigenvalue weighted by Gasteiger charge is 2.12. The maximum Gasteiger partial charge on any atom is 0.150 e. The Kier molecular flexibility index (Phi) is 7.59. The van der Waals surface area contributed by atoms with Crippen molar-refractivity contribution in [3.63, 3.8) is 0 Å². The third-order valence-electron chi connectivity index (χ3n) is 3.38. The summed E-state index contributed by atoms with van der Waals surface area (Å²) in [6.07, 6.45) is 2.59. The minimum absolute atomic E-state index is 0.238. The van der Waals surface area contributed by atoms with Gasteiger partial charge in [-0.2, -0.15) is 0 Å². The van der Waals surface area contributed by atoms with Crippen molar-refractivity contribution in [2.45, 2.75) is 26.2 Å². The zero-order valence-corrected chi connectivity index (χ0v) is 14.5. The summed E-state index contributed by atoms with van der Waals surface area (Å²) < 4.78 is 28.2. The van der Waals surface area contributed by atoms with Crippen molar-refractivity contribution >= 4 is 25.8 Å². The van der Waals surface area contributed by atoms with Crippen LogP contribution in [-0.2, 0) is 16.3 Å². The molecule has 1 rings (SSSR count). The summed E-state index contributed by atoms with van der Waals surface area (Å²) in [4.78, 5) is 0. The number of methoxy groups -OCH3 is 1. The number of rotatable bonds is 9. The molecule has 5 heteroatoms. The Morgan fingerprint density at radius 2 is 2.10 bits per heavy atom. The summed E-state index contributed by atoms with van der Waals surface area (Å²) in [7, 11) is -1.18. The van der Waals surface area contributed by atoms with Crippen molar-refractivity contribution in [1.82, 2.24) is 0 Å². The largest absolute Gasteiger partial charge is 0.497 e. The molecule has 0 fully saturated rings. The van der Waals surface area contributed by atoms with Crippen LogP contribution in [0.15, 0.2) is 24.3 Å². The quantitative estimate of drug-likeness (QED) is 0.631. The van der Waals surface area contributed by atoms with Crippen LogP contribution in [-0.4, -0.2) is 32.4 Å².